The molecule has 1 heterocycles. The summed E-state index contributed by atoms with van der Waals surface area (Å²) in [7, 11) is 0. The molecule has 1 saturated heterocycles. The fourth-order valence-corrected chi connectivity index (χ4v) is 4.95. The molecule has 3 aromatic carbocycles. The van der Waals surface area contributed by atoms with Crippen molar-refractivity contribution in [2.75, 3.05) is 16.8 Å². The molecule has 1 fully saturated rings. The number of anilines is 2. The summed E-state index contributed by atoms with van der Waals surface area (Å²) in [6.45, 7) is -0.373. The predicted octanol–water partition coefficient (Wildman–Crippen LogP) is 4.35. The van der Waals surface area contributed by atoms with Gasteiger partial charge >= 0.3 is 0 Å². The number of rotatable bonds is 12. The number of halogens is 2. The van der Waals surface area contributed by atoms with Crippen molar-refractivity contribution in [1.82, 2.24) is 0 Å². The Morgan fingerprint density at radius 3 is 2.23 bits per heavy atom. The lowest BCUT2D eigenvalue weighted by Crippen LogP contribution is -2.55. The Hall–Kier alpha value is -3.86. The van der Waals surface area contributed by atoms with Gasteiger partial charge in [-0.25, -0.2) is 8.78 Å². The minimum atomic E-state index is -0.918. The molecule has 2 amide bonds. The summed E-state index contributed by atoms with van der Waals surface area (Å²) in [5, 5.41) is 42.5. The second-order valence-corrected chi connectivity index (χ2v) is 9.93. The quantitative estimate of drug-likeness (QED) is 0.212. The van der Waals surface area contributed by atoms with Gasteiger partial charge in [0.05, 0.1) is 30.8 Å². The SMILES string of the molecule is O=C(CCCC(O)CO)Nc1ccc(C2[C@@H](CCC(O)c3ccc(F)cc3)C(=O)N2c2ccc(F)cc2)c(O)c1. The van der Waals surface area contributed by atoms with E-state index in [0.29, 0.717) is 28.9 Å². The fraction of sp³-hybridized carbons (Fsp3) is 0.333. The molecule has 1 aliphatic heterocycles. The number of hydrogen-bond donors (Lipinski definition) is 5. The van der Waals surface area contributed by atoms with Crippen LogP contribution in [0.3, 0.4) is 0 Å². The smallest absolute Gasteiger partial charge is 0.233 e. The Bertz CT molecular complexity index is 1320. The van der Waals surface area contributed by atoms with Gasteiger partial charge in [0.15, 0.2) is 0 Å². The van der Waals surface area contributed by atoms with Gasteiger partial charge in [0.25, 0.3) is 0 Å². The highest BCUT2D eigenvalue weighted by Crippen LogP contribution is 2.49. The van der Waals surface area contributed by atoms with Crippen LogP contribution in [0, 0.1) is 17.6 Å². The van der Waals surface area contributed by atoms with Gasteiger partial charge < -0.3 is 30.6 Å². The van der Waals surface area contributed by atoms with Gasteiger partial charge in [-0.15, -0.1) is 0 Å². The molecule has 0 saturated carbocycles. The highest BCUT2D eigenvalue weighted by molar-refractivity contribution is 6.03. The van der Waals surface area contributed by atoms with Crippen LogP contribution in [-0.4, -0.2) is 45.0 Å². The number of nitrogens with one attached hydrogen (secondary N) is 1. The van der Waals surface area contributed by atoms with E-state index < -0.39 is 35.8 Å². The number of benzene rings is 3. The van der Waals surface area contributed by atoms with E-state index in [4.69, 9.17) is 5.11 Å². The molecule has 10 heteroatoms. The van der Waals surface area contributed by atoms with Crippen LogP contribution in [0.1, 0.15) is 55.4 Å². The lowest BCUT2D eigenvalue weighted by Gasteiger charge is -2.48. The number of phenolic OH excluding ortho intramolecular Hbond substituents is 1. The van der Waals surface area contributed by atoms with Gasteiger partial charge in [-0.2, -0.15) is 0 Å². The van der Waals surface area contributed by atoms with Crippen LogP contribution in [0.2, 0.25) is 0 Å². The molecule has 3 unspecified atom stereocenters. The van der Waals surface area contributed by atoms with Crippen LogP contribution in [0.15, 0.2) is 66.7 Å². The zero-order valence-electron chi connectivity index (χ0n) is 21.7. The third-order valence-corrected chi connectivity index (χ3v) is 7.11. The number of carbonyl (C=O) groups is 2. The van der Waals surface area contributed by atoms with Crippen LogP contribution >= 0.6 is 0 Å². The fourth-order valence-electron chi connectivity index (χ4n) is 4.95. The van der Waals surface area contributed by atoms with Crippen molar-refractivity contribution in [3.8, 4) is 5.75 Å². The zero-order valence-corrected chi connectivity index (χ0v) is 21.7. The summed E-state index contributed by atoms with van der Waals surface area (Å²) in [5.74, 6) is -2.19. The second-order valence-electron chi connectivity index (χ2n) is 9.93. The lowest BCUT2D eigenvalue weighted by atomic mass is 9.78. The van der Waals surface area contributed by atoms with Crippen LogP contribution < -0.4 is 10.2 Å². The molecule has 0 aromatic heterocycles. The minimum Gasteiger partial charge on any atom is -0.508 e. The molecule has 0 radical (unpaired) electrons. The van der Waals surface area contributed by atoms with Crippen molar-refractivity contribution in [3.05, 3.63) is 89.5 Å². The van der Waals surface area contributed by atoms with E-state index in [9.17, 15) is 33.7 Å². The highest BCUT2D eigenvalue weighted by atomic mass is 19.1. The molecule has 40 heavy (non-hydrogen) atoms. The first kappa shape index (κ1) is 29.1. The van der Waals surface area contributed by atoms with Gasteiger partial charge in [0.1, 0.15) is 17.4 Å². The zero-order chi connectivity index (χ0) is 28.8. The first-order chi connectivity index (χ1) is 19.2. The number of β-lactam (4-membered cyclic amide) rings is 1. The molecule has 1 aliphatic rings. The summed E-state index contributed by atoms with van der Waals surface area (Å²) >= 11 is 0. The van der Waals surface area contributed by atoms with Crippen molar-refractivity contribution >= 4 is 23.2 Å². The Morgan fingerprint density at radius 1 is 0.950 bits per heavy atom. The normalized spacial score (nSPS) is 18.2. The van der Waals surface area contributed by atoms with E-state index in [0.717, 1.165) is 0 Å². The summed E-state index contributed by atoms with van der Waals surface area (Å²) in [4.78, 5) is 27.0. The van der Waals surface area contributed by atoms with Crippen molar-refractivity contribution in [1.29, 1.82) is 0 Å². The summed E-state index contributed by atoms with van der Waals surface area (Å²) < 4.78 is 26.8. The number of hydrogen-bond acceptors (Lipinski definition) is 6. The molecular weight excluding hydrogens is 522 g/mol. The maximum atomic E-state index is 13.6. The minimum absolute atomic E-state index is 0.119. The van der Waals surface area contributed by atoms with Crippen molar-refractivity contribution in [3.63, 3.8) is 0 Å². The average Bonchev–Trinajstić information content (AvgIpc) is 2.93. The molecule has 0 bridgehead atoms. The molecular formula is C30H32F2N2O6. The van der Waals surface area contributed by atoms with Gasteiger partial charge in [-0.1, -0.05) is 18.2 Å². The molecule has 4 rings (SSSR count). The van der Waals surface area contributed by atoms with Gasteiger partial charge in [0.2, 0.25) is 11.8 Å². The third-order valence-electron chi connectivity index (χ3n) is 7.11. The summed E-state index contributed by atoms with van der Waals surface area (Å²) in [5.41, 5.74) is 1.74. The summed E-state index contributed by atoms with van der Waals surface area (Å²) in [6, 6.07) is 14.9. The largest absolute Gasteiger partial charge is 0.508 e. The van der Waals surface area contributed by atoms with Crippen molar-refractivity contribution in [2.24, 2.45) is 5.92 Å². The molecule has 4 atom stereocenters. The van der Waals surface area contributed by atoms with E-state index in [1.54, 1.807) is 12.1 Å². The number of phenols is 1. The predicted molar refractivity (Wildman–Crippen MR) is 144 cm³/mol. The van der Waals surface area contributed by atoms with Crippen LogP contribution in [-0.2, 0) is 9.59 Å². The number of aliphatic hydroxyl groups excluding tert-OH is 3. The third kappa shape index (κ3) is 6.82. The van der Waals surface area contributed by atoms with Gasteiger partial charge in [0, 0.05) is 29.4 Å². The van der Waals surface area contributed by atoms with E-state index in [2.05, 4.69) is 5.32 Å². The van der Waals surface area contributed by atoms with Crippen LogP contribution in [0.5, 0.6) is 5.75 Å². The number of aliphatic hydroxyl groups is 3. The lowest BCUT2D eigenvalue weighted by molar-refractivity contribution is -0.131. The van der Waals surface area contributed by atoms with Gasteiger partial charge in [-0.05, 0) is 73.7 Å². The van der Waals surface area contributed by atoms with Crippen molar-refractivity contribution in [2.45, 2.75) is 50.4 Å². The highest BCUT2D eigenvalue weighted by Gasteiger charge is 2.49. The molecule has 0 aliphatic carbocycles. The molecule has 3 aromatic rings. The average molecular weight is 555 g/mol. The maximum Gasteiger partial charge on any atom is 0.233 e. The Labute approximate surface area is 230 Å². The first-order valence-electron chi connectivity index (χ1n) is 13.1. The molecule has 8 nitrogen and oxygen atoms in total. The number of carbonyl (C=O) groups excluding carboxylic acids is 2. The number of nitrogens with zero attached hydrogens (tertiary/aromatic N) is 1. The van der Waals surface area contributed by atoms with E-state index >= 15 is 0 Å². The number of amides is 2. The maximum absolute atomic E-state index is 13.6. The van der Waals surface area contributed by atoms with Gasteiger partial charge in [-0.3, -0.25) is 9.59 Å². The van der Waals surface area contributed by atoms with E-state index in [1.807, 2.05) is 0 Å². The second kappa shape index (κ2) is 13.0. The Kier molecular flexibility index (Phi) is 9.46. The van der Waals surface area contributed by atoms with Crippen molar-refractivity contribution < 1.29 is 38.8 Å². The first-order valence-corrected chi connectivity index (χ1v) is 13.1. The monoisotopic (exact) mass is 554 g/mol. The molecule has 5 N–H and O–H groups in total. The topological polar surface area (TPSA) is 130 Å². The van der Waals surface area contributed by atoms with Crippen LogP contribution in [0.25, 0.3) is 0 Å². The number of aromatic hydroxyl groups is 1. The van der Waals surface area contributed by atoms with Crippen LogP contribution in [0.4, 0.5) is 20.2 Å². The molecule has 212 valence electrons. The molecule has 0 spiro atoms. The Morgan fingerprint density at radius 2 is 1.60 bits per heavy atom. The van der Waals surface area contributed by atoms with E-state index in [1.165, 1.54) is 59.5 Å². The standard InChI is InChI=1S/C30H32F2N2O6/c31-19-6-4-18(5-7-19)26(37)15-14-25-29(34(30(25)40)22-11-8-20(32)9-12-22)24-13-10-21(16-27(24)38)33-28(39)3-1-2-23(36)17-35/h4-13,16,23,25-26,29,35-38H,1-3,14-15,17H2,(H,33,39)/t23?,25-,26?,29?/m1/s1. The summed E-state index contributed by atoms with van der Waals surface area (Å²) in [6.07, 6.45) is -0.533. The van der Waals surface area contributed by atoms with E-state index in [-0.39, 0.29) is 49.9 Å². The Balaban J connectivity index is 1.50.